The molecule has 0 saturated heterocycles. The molecule has 0 bridgehead atoms. The average Bonchev–Trinajstić information content (AvgIpc) is 3.57. The largest absolute Gasteiger partial charge is 0.334 e. The second kappa shape index (κ2) is 8.49. The van der Waals surface area contributed by atoms with Crippen molar-refractivity contribution in [2.45, 2.75) is 38.5 Å². The monoisotopic (exact) mass is 407 g/mol. The minimum atomic E-state index is -0.527. The fraction of sp³-hybridized carbons (Fsp3) is 0.261. The summed E-state index contributed by atoms with van der Waals surface area (Å²) in [6.45, 7) is 0.226. The fourth-order valence-corrected chi connectivity index (χ4v) is 3.47. The summed E-state index contributed by atoms with van der Waals surface area (Å²) in [5.41, 5.74) is 0.555. The molecule has 1 aromatic heterocycles. The topological polar surface area (TPSA) is 64.3 Å². The molecule has 0 N–H and O–H groups in total. The van der Waals surface area contributed by atoms with Gasteiger partial charge in [-0.3, -0.25) is 18.7 Å². The van der Waals surface area contributed by atoms with E-state index in [1.54, 1.807) is 17.0 Å². The second-order valence-corrected chi connectivity index (χ2v) is 7.52. The van der Waals surface area contributed by atoms with Crippen LogP contribution in [-0.2, 0) is 24.4 Å². The third kappa shape index (κ3) is 4.56. The summed E-state index contributed by atoms with van der Waals surface area (Å²) in [5, 5.41) is 0. The molecule has 0 spiro atoms. The van der Waals surface area contributed by atoms with Gasteiger partial charge in [-0.25, -0.2) is 9.18 Å². The lowest BCUT2D eigenvalue weighted by molar-refractivity contribution is -0.133. The van der Waals surface area contributed by atoms with E-state index in [0.29, 0.717) is 12.1 Å². The zero-order chi connectivity index (χ0) is 21.1. The van der Waals surface area contributed by atoms with Crippen LogP contribution in [0.5, 0.6) is 0 Å². The second-order valence-electron chi connectivity index (χ2n) is 7.52. The highest BCUT2D eigenvalue weighted by Crippen LogP contribution is 2.28. The van der Waals surface area contributed by atoms with Gasteiger partial charge >= 0.3 is 5.69 Å². The van der Waals surface area contributed by atoms with Gasteiger partial charge in [0, 0.05) is 24.8 Å². The molecular formula is C23H22FN3O3. The SMILES string of the molecule is O=C(Cn1c(=O)ccn(Cc2ccccc2)c1=O)N(Cc1cccc(F)c1)C1CC1. The number of halogens is 1. The summed E-state index contributed by atoms with van der Waals surface area (Å²) < 4.78 is 15.9. The Morgan fingerprint density at radius 3 is 2.43 bits per heavy atom. The molecule has 0 unspecified atom stereocenters. The van der Waals surface area contributed by atoms with Crippen molar-refractivity contribution < 1.29 is 9.18 Å². The Labute approximate surface area is 172 Å². The lowest BCUT2D eigenvalue weighted by Gasteiger charge is -2.23. The summed E-state index contributed by atoms with van der Waals surface area (Å²) in [7, 11) is 0. The Bertz CT molecular complexity index is 1170. The Hall–Kier alpha value is -3.48. The highest BCUT2D eigenvalue weighted by atomic mass is 19.1. The van der Waals surface area contributed by atoms with Crippen molar-refractivity contribution >= 4 is 5.91 Å². The normalized spacial score (nSPS) is 13.2. The van der Waals surface area contributed by atoms with Crippen molar-refractivity contribution in [1.29, 1.82) is 0 Å². The molecule has 1 aliphatic rings. The standard InChI is InChI=1S/C23H22FN3O3/c24-19-8-4-7-18(13-19)15-26(20-9-10-20)22(29)16-27-21(28)11-12-25(23(27)30)14-17-5-2-1-3-6-17/h1-8,11-13,20H,9-10,14-16H2. The van der Waals surface area contributed by atoms with E-state index < -0.39 is 11.2 Å². The van der Waals surface area contributed by atoms with E-state index in [2.05, 4.69) is 0 Å². The lowest BCUT2D eigenvalue weighted by atomic mass is 10.2. The van der Waals surface area contributed by atoms with Gasteiger partial charge in [0.05, 0.1) is 6.54 Å². The van der Waals surface area contributed by atoms with Gasteiger partial charge in [0.2, 0.25) is 5.91 Å². The quantitative estimate of drug-likeness (QED) is 0.604. The van der Waals surface area contributed by atoms with Crippen LogP contribution in [0, 0.1) is 5.82 Å². The number of nitrogens with zero attached hydrogens (tertiary/aromatic N) is 3. The molecule has 7 heteroatoms. The van der Waals surface area contributed by atoms with Gasteiger partial charge in [0.15, 0.2) is 0 Å². The van der Waals surface area contributed by atoms with Crippen molar-refractivity contribution in [3.8, 4) is 0 Å². The summed E-state index contributed by atoms with van der Waals surface area (Å²) in [6.07, 6.45) is 3.18. The lowest BCUT2D eigenvalue weighted by Crippen LogP contribution is -2.44. The molecule has 3 aromatic rings. The van der Waals surface area contributed by atoms with Crippen molar-refractivity contribution in [2.24, 2.45) is 0 Å². The smallest absolute Gasteiger partial charge is 0.331 e. The molecule has 1 amide bonds. The molecule has 2 aromatic carbocycles. The summed E-state index contributed by atoms with van der Waals surface area (Å²) in [5.74, 6) is -0.683. The van der Waals surface area contributed by atoms with Gasteiger partial charge in [0.25, 0.3) is 5.56 Å². The first-order chi connectivity index (χ1) is 14.5. The predicted octanol–water partition coefficient (Wildman–Crippen LogP) is 2.39. The number of aromatic nitrogens is 2. The number of hydrogen-bond acceptors (Lipinski definition) is 3. The molecule has 30 heavy (non-hydrogen) atoms. The highest BCUT2D eigenvalue weighted by molar-refractivity contribution is 5.76. The predicted molar refractivity (Wildman–Crippen MR) is 110 cm³/mol. The molecule has 1 aliphatic carbocycles. The van der Waals surface area contributed by atoms with Crippen LogP contribution in [0.15, 0.2) is 76.4 Å². The Morgan fingerprint density at radius 1 is 1.00 bits per heavy atom. The van der Waals surface area contributed by atoms with Gasteiger partial charge in [-0.15, -0.1) is 0 Å². The maximum absolute atomic E-state index is 13.5. The fourth-order valence-electron chi connectivity index (χ4n) is 3.47. The first-order valence-corrected chi connectivity index (χ1v) is 9.89. The van der Waals surface area contributed by atoms with Crippen LogP contribution in [0.4, 0.5) is 4.39 Å². The number of hydrogen-bond donors (Lipinski definition) is 0. The molecule has 6 nitrogen and oxygen atoms in total. The van der Waals surface area contributed by atoms with Gasteiger partial charge < -0.3 is 4.90 Å². The number of carbonyl (C=O) groups is 1. The minimum Gasteiger partial charge on any atom is -0.334 e. The zero-order valence-electron chi connectivity index (χ0n) is 16.4. The van der Waals surface area contributed by atoms with Crippen molar-refractivity contribution in [3.63, 3.8) is 0 Å². The van der Waals surface area contributed by atoms with Crippen molar-refractivity contribution in [2.75, 3.05) is 0 Å². The maximum atomic E-state index is 13.5. The maximum Gasteiger partial charge on any atom is 0.331 e. The number of benzene rings is 2. The number of carbonyl (C=O) groups excluding carboxylic acids is 1. The Morgan fingerprint density at radius 2 is 1.73 bits per heavy atom. The molecule has 1 heterocycles. The molecular weight excluding hydrogens is 385 g/mol. The first-order valence-electron chi connectivity index (χ1n) is 9.89. The molecule has 154 valence electrons. The van der Waals surface area contributed by atoms with Gasteiger partial charge in [-0.2, -0.15) is 0 Å². The van der Waals surface area contributed by atoms with E-state index in [1.807, 2.05) is 30.3 Å². The van der Waals surface area contributed by atoms with Crippen LogP contribution in [-0.4, -0.2) is 26.0 Å². The van der Waals surface area contributed by atoms with Crippen LogP contribution in [0.3, 0.4) is 0 Å². The van der Waals surface area contributed by atoms with E-state index in [4.69, 9.17) is 0 Å². The third-order valence-corrected chi connectivity index (χ3v) is 5.18. The van der Waals surface area contributed by atoms with Gasteiger partial charge in [-0.05, 0) is 36.1 Å². The molecule has 1 saturated carbocycles. The van der Waals surface area contributed by atoms with Crippen LogP contribution >= 0.6 is 0 Å². The number of rotatable bonds is 7. The van der Waals surface area contributed by atoms with E-state index in [9.17, 15) is 18.8 Å². The van der Waals surface area contributed by atoms with E-state index >= 15 is 0 Å². The van der Waals surface area contributed by atoms with Gasteiger partial charge in [0.1, 0.15) is 12.4 Å². The average molecular weight is 407 g/mol. The van der Waals surface area contributed by atoms with Crippen molar-refractivity contribution in [1.82, 2.24) is 14.0 Å². The van der Waals surface area contributed by atoms with Crippen LogP contribution in [0.25, 0.3) is 0 Å². The third-order valence-electron chi connectivity index (χ3n) is 5.18. The highest BCUT2D eigenvalue weighted by Gasteiger charge is 2.33. The van der Waals surface area contributed by atoms with Crippen molar-refractivity contribution in [3.05, 3.63) is 105 Å². The van der Waals surface area contributed by atoms with Crippen LogP contribution in [0.1, 0.15) is 24.0 Å². The minimum absolute atomic E-state index is 0.0618. The summed E-state index contributed by atoms with van der Waals surface area (Å²) in [4.78, 5) is 39.8. The first kappa shape index (κ1) is 19.8. The zero-order valence-corrected chi connectivity index (χ0v) is 16.4. The number of amides is 1. The van der Waals surface area contributed by atoms with E-state index in [-0.39, 0.29) is 30.9 Å². The summed E-state index contributed by atoms with van der Waals surface area (Å²) >= 11 is 0. The molecule has 0 aliphatic heterocycles. The Balaban J connectivity index is 1.56. The van der Waals surface area contributed by atoms with Crippen LogP contribution < -0.4 is 11.2 Å². The Kier molecular flexibility index (Phi) is 5.61. The summed E-state index contributed by atoms with van der Waals surface area (Å²) in [6, 6.07) is 16.9. The van der Waals surface area contributed by atoms with E-state index in [0.717, 1.165) is 23.0 Å². The molecule has 4 rings (SSSR count). The van der Waals surface area contributed by atoms with Crippen LogP contribution in [0.2, 0.25) is 0 Å². The van der Waals surface area contributed by atoms with Gasteiger partial charge in [-0.1, -0.05) is 42.5 Å². The molecule has 1 fully saturated rings. The van der Waals surface area contributed by atoms with E-state index in [1.165, 1.54) is 29.0 Å². The molecule has 0 atom stereocenters. The molecule has 0 radical (unpaired) electrons.